The maximum atomic E-state index is 12.0. The summed E-state index contributed by atoms with van der Waals surface area (Å²) in [6.07, 6.45) is 5.55. The molecular formula is C21H30O5S. The number of ketones is 1. The first kappa shape index (κ1) is 21.9. The maximum Gasteiger partial charge on any atom is 0.313 e. The molecule has 1 aliphatic heterocycles. The normalized spacial score (nSPS) is 16.9. The van der Waals surface area contributed by atoms with Gasteiger partial charge in [-0.1, -0.05) is 31.5 Å². The van der Waals surface area contributed by atoms with Crippen LogP contribution >= 0.6 is 11.8 Å². The third-order valence-electron chi connectivity index (χ3n) is 4.28. The molecule has 0 spiro atoms. The lowest BCUT2D eigenvalue weighted by molar-refractivity contribution is -0.161. The molecule has 2 rings (SSSR count). The van der Waals surface area contributed by atoms with Gasteiger partial charge in [-0.25, -0.2) is 0 Å². The fourth-order valence-electron chi connectivity index (χ4n) is 2.75. The van der Waals surface area contributed by atoms with Gasteiger partial charge in [0.2, 0.25) is 0 Å². The number of ether oxygens (including phenoxy) is 3. The van der Waals surface area contributed by atoms with Gasteiger partial charge in [0.25, 0.3) is 0 Å². The van der Waals surface area contributed by atoms with Gasteiger partial charge in [-0.15, -0.1) is 11.8 Å². The summed E-state index contributed by atoms with van der Waals surface area (Å²) < 4.78 is 16.4. The number of esters is 1. The number of carbonyl (C=O) groups excluding carboxylic acids is 2. The van der Waals surface area contributed by atoms with Crippen LogP contribution in [0, 0.1) is 0 Å². The van der Waals surface area contributed by atoms with E-state index in [-0.39, 0.29) is 24.2 Å². The highest BCUT2D eigenvalue weighted by atomic mass is 32.2. The van der Waals surface area contributed by atoms with E-state index in [1.165, 1.54) is 11.8 Å². The number of rotatable bonds is 12. The summed E-state index contributed by atoms with van der Waals surface area (Å²) in [5.74, 6) is -0.265. The van der Waals surface area contributed by atoms with Crippen LogP contribution in [0.25, 0.3) is 0 Å². The van der Waals surface area contributed by atoms with Crippen molar-refractivity contribution in [2.75, 3.05) is 25.6 Å². The zero-order valence-corrected chi connectivity index (χ0v) is 16.9. The number of thioether (sulfide) groups is 1. The van der Waals surface area contributed by atoms with E-state index in [2.05, 4.69) is 6.07 Å². The van der Waals surface area contributed by atoms with Gasteiger partial charge in [0, 0.05) is 11.5 Å². The molecule has 0 bridgehead atoms. The summed E-state index contributed by atoms with van der Waals surface area (Å²) >= 11 is 1.47. The molecule has 0 amide bonds. The molecule has 1 atom stereocenters. The van der Waals surface area contributed by atoms with E-state index in [1.54, 1.807) is 0 Å². The van der Waals surface area contributed by atoms with Crippen molar-refractivity contribution < 1.29 is 23.8 Å². The highest BCUT2D eigenvalue weighted by molar-refractivity contribution is 8.00. The minimum absolute atomic E-state index is 0.0844. The summed E-state index contributed by atoms with van der Waals surface area (Å²) in [5, 5.41) is 0. The van der Waals surface area contributed by atoms with Crippen molar-refractivity contribution in [1.29, 1.82) is 0 Å². The van der Waals surface area contributed by atoms with Crippen molar-refractivity contribution >= 4 is 23.5 Å². The molecule has 1 aromatic carbocycles. The minimum Gasteiger partial charge on any atom is -0.465 e. The molecule has 1 aliphatic rings. The lowest BCUT2D eigenvalue weighted by atomic mass is 10.1. The highest BCUT2D eigenvalue weighted by Gasteiger charge is 2.15. The van der Waals surface area contributed by atoms with Gasteiger partial charge in [-0.05, 0) is 43.7 Å². The van der Waals surface area contributed by atoms with E-state index in [4.69, 9.17) is 14.2 Å². The first-order valence-electron chi connectivity index (χ1n) is 9.80. The molecule has 5 nitrogen and oxygen atoms in total. The SMILES string of the molecule is CCCCOC(=O)CC(=O)CSc1ccccc1CCOC1CCCCO1. The molecule has 1 heterocycles. The Bertz CT molecular complexity index is 584. The molecule has 0 radical (unpaired) electrons. The summed E-state index contributed by atoms with van der Waals surface area (Å²) in [6.45, 7) is 3.80. The Labute approximate surface area is 166 Å². The van der Waals surface area contributed by atoms with Crippen molar-refractivity contribution in [3.8, 4) is 0 Å². The summed E-state index contributed by atoms with van der Waals surface area (Å²) in [5.41, 5.74) is 1.15. The van der Waals surface area contributed by atoms with Crippen LogP contribution in [-0.2, 0) is 30.2 Å². The van der Waals surface area contributed by atoms with E-state index in [9.17, 15) is 9.59 Å². The summed E-state index contributed by atoms with van der Waals surface area (Å²) in [4.78, 5) is 24.7. The Balaban J connectivity index is 1.72. The van der Waals surface area contributed by atoms with Crippen molar-refractivity contribution in [1.82, 2.24) is 0 Å². The monoisotopic (exact) mass is 394 g/mol. The molecular weight excluding hydrogens is 364 g/mol. The van der Waals surface area contributed by atoms with E-state index in [1.807, 2.05) is 25.1 Å². The van der Waals surface area contributed by atoms with E-state index >= 15 is 0 Å². The first-order chi connectivity index (χ1) is 13.2. The molecule has 27 heavy (non-hydrogen) atoms. The molecule has 150 valence electrons. The van der Waals surface area contributed by atoms with E-state index in [0.29, 0.717) is 13.2 Å². The second kappa shape index (κ2) is 12.9. The van der Waals surface area contributed by atoms with Gasteiger partial charge in [0.15, 0.2) is 12.1 Å². The Kier molecular flexibility index (Phi) is 10.5. The molecule has 1 aromatic rings. The topological polar surface area (TPSA) is 61.8 Å². The number of hydrogen-bond donors (Lipinski definition) is 0. The molecule has 0 saturated carbocycles. The van der Waals surface area contributed by atoms with Gasteiger partial charge >= 0.3 is 5.97 Å². The van der Waals surface area contributed by atoms with Gasteiger partial charge in [-0.2, -0.15) is 0 Å². The zero-order valence-electron chi connectivity index (χ0n) is 16.1. The molecule has 1 unspecified atom stereocenters. The number of Topliss-reactive ketones (excluding diaryl/α,β-unsaturated/α-hetero) is 1. The van der Waals surface area contributed by atoms with Crippen molar-refractivity contribution in [3.05, 3.63) is 29.8 Å². The number of carbonyl (C=O) groups is 2. The third-order valence-corrected chi connectivity index (χ3v) is 5.45. The molecule has 1 saturated heterocycles. The summed E-state index contributed by atoms with van der Waals surface area (Å²) in [6, 6.07) is 8.00. The fourth-order valence-corrected chi connectivity index (χ4v) is 3.69. The predicted molar refractivity (Wildman–Crippen MR) is 106 cm³/mol. The van der Waals surface area contributed by atoms with Crippen molar-refractivity contribution in [2.24, 2.45) is 0 Å². The van der Waals surface area contributed by atoms with Crippen LogP contribution in [-0.4, -0.2) is 43.6 Å². The van der Waals surface area contributed by atoms with Gasteiger partial charge in [-0.3, -0.25) is 9.59 Å². The average Bonchev–Trinajstić information content (AvgIpc) is 2.68. The summed E-state index contributed by atoms with van der Waals surface area (Å²) in [7, 11) is 0. The van der Waals surface area contributed by atoms with Crippen LogP contribution in [0.4, 0.5) is 0 Å². The molecule has 1 fully saturated rings. The molecule has 0 aromatic heterocycles. The maximum absolute atomic E-state index is 12.0. The fraction of sp³-hybridized carbons (Fsp3) is 0.619. The van der Waals surface area contributed by atoms with Crippen LogP contribution in [0.1, 0.15) is 51.0 Å². The van der Waals surface area contributed by atoms with Crippen molar-refractivity contribution in [2.45, 2.75) is 63.1 Å². The van der Waals surface area contributed by atoms with Crippen LogP contribution in [0.15, 0.2) is 29.2 Å². The largest absolute Gasteiger partial charge is 0.465 e. The minimum atomic E-state index is -0.428. The first-order valence-corrected chi connectivity index (χ1v) is 10.8. The van der Waals surface area contributed by atoms with Crippen LogP contribution in [0.5, 0.6) is 0 Å². The van der Waals surface area contributed by atoms with Crippen LogP contribution in [0.2, 0.25) is 0 Å². The lowest BCUT2D eigenvalue weighted by Gasteiger charge is -2.22. The van der Waals surface area contributed by atoms with Crippen LogP contribution < -0.4 is 0 Å². The second-order valence-corrected chi connectivity index (χ2v) is 7.62. The molecule has 0 N–H and O–H groups in total. The standard InChI is InChI=1S/C21H30O5S/c1-2-3-12-24-20(23)15-18(22)16-27-19-9-5-4-8-17(19)11-14-26-21-10-6-7-13-25-21/h4-5,8-9,21H,2-3,6-7,10-16H2,1H3. The Morgan fingerprint density at radius 2 is 2.07 bits per heavy atom. The van der Waals surface area contributed by atoms with E-state index in [0.717, 1.165) is 55.6 Å². The molecule has 0 aliphatic carbocycles. The quantitative estimate of drug-likeness (QED) is 0.229. The third kappa shape index (κ3) is 8.91. The Hall–Kier alpha value is -1.37. The van der Waals surface area contributed by atoms with Gasteiger partial charge in [0.1, 0.15) is 6.42 Å². The second-order valence-electron chi connectivity index (χ2n) is 6.60. The highest BCUT2D eigenvalue weighted by Crippen LogP contribution is 2.24. The average molecular weight is 395 g/mol. The lowest BCUT2D eigenvalue weighted by Crippen LogP contribution is -2.23. The number of benzene rings is 1. The number of hydrogen-bond acceptors (Lipinski definition) is 6. The smallest absolute Gasteiger partial charge is 0.313 e. The van der Waals surface area contributed by atoms with Crippen molar-refractivity contribution in [3.63, 3.8) is 0 Å². The Morgan fingerprint density at radius 1 is 1.22 bits per heavy atom. The van der Waals surface area contributed by atoms with Gasteiger partial charge < -0.3 is 14.2 Å². The Morgan fingerprint density at radius 3 is 2.85 bits per heavy atom. The zero-order chi connectivity index (χ0) is 19.3. The van der Waals surface area contributed by atoms with Gasteiger partial charge in [0.05, 0.1) is 19.0 Å². The van der Waals surface area contributed by atoms with Crippen LogP contribution in [0.3, 0.4) is 0 Å². The number of unbranched alkanes of at least 4 members (excludes halogenated alkanes) is 1. The molecule has 6 heteroatoms. The van der Waals surface area contributed by atoms with E-state index < -0.39 is 5.97 Å². The predicted octanol–water partition coefficient (Wildman–Crippen LogP) is 4.17.